The van der Waals surface area contributed by atoms with Crippen molar-refractivity contribution in [1.29, 1.82) is 0 Å². The second-order valence-corrected chi connectivity index (χ2v) is 6.00. The summed E-state index contributed by atoms with van der Waals surface area (Å²) < 4.78 is 2.03. The van der Waals surface area contributed by atoms with E-state index in [9.17, 15) is 0 Å². The molecule has 20 heavy (non-hydrogen) atoms. The average molecular weight is 287 g/mol. The molecular weight excluding hydrogens is 270 g/mol. The minimum atomic E-state index is 0.863. The molecule has 0 amide bonds. The topological polar surface area (TPSA) is 55.1 Å². The van der Waals surface area contributed by atoms with Gasteiger partial charge in [0, 0.05) is 30.6 Å². The van der Waals surface area contributed by atoms with Crippen molar-refractivity contribution in [3.05, 3.63) is 45.8 Å². The number of rotatable bonds is 5. The van der Waals surface area contributed by atoms with E-state index in [1.807, 2.05) is 35.7 Å². The van der Waals surface area contributed by atoms with Gasteiger partial charge in [0.15, 0.2) is 5.65 Å². The molecule has 0 atom stereocenters. The molecule has 3 aromatic rings. The predicted molar refractivity (Wildman–Crippen MR) is 80.0 cm³/mol. The van der Waals surface area contributed by atoms with Gasteiger partial charge in [0.2, 0.25) is 0 Å². The highest BCUT2D eigenvalue weighted by Gasteiger charge is 2.06. The first-order chi connectivity index (χ1) is 9.74. The lowest BCUT2D eigenvalue weighted by Gasteiger charge is -2.03. The molecule has 0 spiro atoms. The zero-order valence-corrected chi connectivity index (χ0v) is 12.4. The van der Waals surface area contributed by atoms with Crippen LogP contribution in [0.2, 0.25) is 0 Å². The predicted octanol–water partition coefficient (Wildman–Crippen LogP) is 2.13. The molecule has 3 aromatic heterocycles. The van der Waals surface area contributed by atoms with Crippen molar-refractivity contribution in [2.45, 2.75) is 26.8 Å². The maximum Gasteiger partial charge on any atom is 0.160 e. The Hall–Kier alpha value is -1.79. The van der Waals surface area contributed by atoms with E-state index in [0.29, 0.717) is 0 Å². The van der Waals surface area contributed by atoms with Crippen LogP contribution in [0.25, 0.3) is 5.65 Å². The molecule has 0 aliphatic heterocycles. The van der Waals surface area contributed by atoms with Gasteiger partial charge in [-0.2, -0.15) is 0 Å². The van der Waals surface area contributed by atoms with Gasteiger partial charge < -0.3 is 5.32 Å². The van der Waals surface area contributed by atoms with Gasteiger partial charge in [0.05, 0.1) is 10.7 Å². The van der Waals surface area contributed by atoms with Crippen molar-refractivity contribution in [2.75, 3.05) is 6.54 Å². The maximum absolute atomic E-state index is 4.43. The van der Waals surface area contributed by atoms with Crippen molar-refractivity contribution in [3.8, 4) is 0 Å². The van der Waals surface area contributed by atoms with Crippen LogP contribution in [-0.4, -0.2) is 26.1 Å². The first kappa shape index (κ1) is 13.2. The van der Waals surface area contributed by atoms with Crippen LogP contribution < -0.4 is 5.32 Å². The number of thiazole rings is 1. The van der Waals surface area contributed by atoms with Crippen LogP contribution in [0.15, 0.2) is 24.4 Å². The number of pyridine rings is 1. The van der Waals surface area contributed by atoms with E-state index < -0.39 is 0 Å². The van der Waals surface area contributed by atoms with Crippen LogP contribution >= 0.6 is 11.3 Å². The van der Waals surface area contributed by atoms with Crippen LogP contribution in [-0.2, 0) is 13.0 Å². The highest BCUT2D eigenvalue weighted by Crippen LogP contribution is 2.16. The number of hydrogen-bond donors (Lipinski definition) is 1. The molecule has 0 aliphatic rings. The van der Waals surface area contributed by atoms with E-state index in [-0.39, 0.29) is 0 Å². The molecule has 0 saturated carbocycles. The van der Waals surface area contributed by atoms with E-state index in [2.05, 4.69) is 27.4 Å². The van der Waals surface area contributed by atoms with Crippen molar-refractivity contribution in [1.82, 2.24) is 24.9 Å². The smallest absolute Gasteiger partial charge is 0.160 e. The fourth-order valence-electron chi connectivity index (χ4n) is 2.20. The highest BCUT2D eigenvalue weighted by atomic mass is 32.1. The summed E-state index contributed by atoms with van der Waals surface area (Å²) in [7, 11) is 0. The average Bonchev–Trinajstić information content (AvgIpc) is 2.99. The molecule has 0 aliphatic carbocycles. The lowest BCUT2D eigenvalue weighted by atomic mass is 10.3. The van der Waals surface area contributed by atoms with Gasteiger partial charge in [-0.3, -0.25) is 4.40 Å². The summed E-state index contributed by atoms with van der Waals surface area (Å²) in [6.45, 7) is 5.86. The Morgan fingerprint density at radius 1 is 1.25 bits per heavy atom. The second kappa shape index (κ2) is 5.68. The Balaban J connectivity index is 1.56. The molecule has 0 radical (unpaired) electrons. The van der Waals surface area contributed by atoms with Gasteiger partial charge in [-0.05, 0) is 26.0 Å². The molecule has 0 aromatic carbocycles. The maximum atomic E-state index is 4.43. The zero-order chi connectivity index (χ0) is 13.9. The van der Waals surface area contributed by atoms with Crippen LogP contribution in [0, 0.1) is 13.8 Å². The molecule has 0 fully saturated rings. The van der Waals surface area contributed by atoms with Gasteiger partial charge in [-0.1, -0.05) is 6.07 Å². The van der Waals surface area contributed by atoms with Crippen LogP contribution in [0.3, 0.4) is 0 Å². The van der Waals surface area contributed by atoms with E-state index in [4.69, 9.17) is 0 Å². The van der Waals surface area contributed by atoms with Gasteiger partial charge in [-0.15, -0.1) is 21.5 Å². The van der Waals surface area contributed by atoms with Crippen molar-refractivity contribution in [3.63, 3.8) is 0 Å². The highest BCUT2D eigenvalue weighted by molar-refractivity contribution is 7.11. The van der Waals surface area contributed by atoms with E-state index in [1.54, 1.807) is 11.3 Å². The number of nitrogens with zero attached hydrogens (tertiary/aromatic N) is 4. The number of nitrogens with one attached hydrogen (secondary N) is 1. The van der Waals surface area contributed by atoms with Crippen molar-refractivity contribution >= 4 is 17.0 Å². The van der Waals surface area contributed by atoms with Gasteiger partial charge in [0.25, 0.3) is 0 Å². The number of hydrogen-bond acceptors (Lipinski definition) is 5. The molecule has 0 bridgehead atoms. The summed E-state index contributed by atoms with van der Waals surface area (Å²) in [6, 6.07) is 5.94. The summed E-state index contributed by atoms with van der Waals surface area (Å²) in [5.74, 6) is 0.991. The Morgan fingerprint density at radius 3 is 2.95 bits per heavy atom. The number of aromatic nitrogens is 4. The fourth-order valence-corrected chi connectivity index (χ4v) is 3.11. The minimum absolute atomic E-state index is 0.863. The van der Waals surface area contributed by atoms with Gasteiger partial charge in [-0.25, -0.2) is 4.98 Å². The lowest BCUT2D eigenvalue weighted by Crippen LogP contribution is -2.17. The lowest BCUT2D eigenvalue weighted by molar-refractivity contribution is 0.669. The summed E-state index contributed by atoms with van der Waals surface area (Å²) in [5, 5.41) is 13.0. The molecule has 0 saturated heterocycles. The molecule has 3 rings (SSSR count). The summed E-state index contributed by atoms with van der Waals surface area (Å²) in [4.78, 5) is 5.75. The number of aryl methyl sites for hydroxylation is 2. The third kappa shape index (κ3) is 2.71. The van der Waals surface area contributed by atoms with E-state index >= 15 is 0 Å². The Morgan fingerprint density at radius 2 is 2.15 bits per heavy atom. The largest absolute Gasteiger partial charge is 0.311 e. The molecular formula is C14H17N5S. The Bertz CT molecular complexity index is 715. The first-order valence-corrected chi connectivity index (χ1v) is 7.48. The first-order valence-electron chi connectivity index (χ1n) is 6.66. The van der Waals surface area contributed by atoms with Crippen LogP contribution in [0.4, 0.5) is 0 Å². The van der Waals surface area contributed by atoms with Gasteiger partial charge >= 0.3 is 0 Å². The molecule has 1 N–H and O–H groups in total. The minimum Gasteiger partial charge on any atom is -0.311 e. The molecule has 0 unspecified atom stereocenters. The fraction of sp³-hybridized carbons (Fsp3) is 0.357. The van der Waals surface area contributed by atoms with Crippen LogP contribution in [0.5, 0.6) is 0 Å². The molecule has 3 heterocycles. The molecule has 104 valence electrons. The van der Waals surface area contributed by atoms with Crippen molar-refractivity contribution in [2.24, 2.45) is 0 Å². The quantitative estimate of drug-likeness (QED) is 0.730. The standard InChI is InChI=1S/C14H17N5S/c1-10-12(20-11(2)16-10)9-15-7-6-14-18-17-13-5-3-4-8-19(13)14/h3-5,8,15H,6-7,9H2,1-2H3. The van der Waals surface area contributed by atoms with Gasteiger partial charge in [0.1, 0.15) is 5.82 Å². The SMILES string of the molecule is Cc1nc(C)c(CNCCc2nnc3ccccn23)s1. The van der Waals surface area contributed by atoms with Crippen LogP contribution in [0.1, 0.15) is 21.4 Å². The summed E-state index contributed by atoms with van der Waals surface area (Å²) in [6.07, 6.45) is 2.86. The summed E-state index contributed by atoms with van der Waals surface area (Å²) in [5.41, 5.74) is 2.03. The second-order valence-electron chi connectivity index (χ2n) is 4.71. The zero-order valence-electron chi connectivity index (χ0n) is 11.6. The summed E-state index contributed by atoms with van der Waals surface area (Å²) >= 11 is 1.76. The third-order valence-electron chi connectivity index (χ3n) is 3.19. The monoisotopic (exact) mass is 287 g/mol. The molecule has 5 nitrogen and oxygen atoms in total. The van der Waals surface area contributed by atoms with E-state index in [1.165, 1.54) is 4.88 Å². The van der Waals surface area contributed by atoms with Crippen molar-refractivity contribution < 1.29 is 0 Å². The van der Waals surface area contributed by atoms with E-state index in [0.717, 1.165) is 41.7 Å². The third-order valence-corrected chi connectivity index (χ3v) is 4.27. The molecule has 6 heteroatoms. The Labute approximate surface area is 121 Å². The number of fused-ring (bicyclic) bond motifs is 1. The Kier molecular flexibility index (Phi) is 3.75. The normalized spacial score (nSPS) is 11.3.